The van der Waals surface area contributed by atoms with Crippen molar-refractivity contribution in [3.63, 3.8) is 0 Å². The third-order valence-corrected chi connectivity index (χ3v) is 4.15. The van der Waals surface area contributed by atoms with Crippen LogP contribution in [0.5, 0.6) is 0 Å². The van der Waals surface area contributed by atoms with Gasteiger partial charge in [-0.25, -0.2) is 4.79 Å². The van der Waals surface area contributed by atoms with Crippen LogP contribution in [-0.4, -0.2) is 24.3 Å². The first-order valence-corrected chi connectivity index (χ1v) is 7.41. The van der Waals surface area contributed by atoms with Crippen LogP contribution in [0.2, 0.25) is 0 Å². The first-order valence-electron chi connectivity index (χ1n) is 7.41. The molecule has 0 saturated heterocycles. The fraction of sp³-hybridized carbons (Fsp3) is 0.588. The zero-order valence-electron chi connectivity index (χ0n) is 12.5. The van der Waals surface area contributed by atoms with Gasteiger partial charge in [0.15, 0.2) is 0 Å². The van der Waals surface area contributed by atoms with Crippen molar-refractivity contribution in [3.05, 3.63) is 35.4 Å². The molecule has 1 heterocycles. The van der Waals surface area contributed by atoms with Crippen LogP contribution in [-0.2, 0) is 4.74 Å². The van der Waals surface area contributed by atoms with Gasteiger partial charge < -0.3 is 9.84 Å². The highest BCUT2D eigenvalue weighted by Crippen LogP contribution is 2.39. The molecule has 0 unspecified atom stereocenters. The number of ether oxygens (including phenoxy) is 1. The molecule has 0 spiro atoms. The summed E-state index contributed by atoms with van der Waals surface area (Å²) in [5.41, 5.74) is 1.69. The molecule has 1 aliphatic rings. The van der Waals surface area contributed by atoms with Crippen molar-refractivity contribution in [3.8, 4) is 0 Å². The molecule has 0 radical (unpaired) electrons. The average Bonchev–Trinajstić information content (AvgIpc) is 2.56. The third kappa shape index (κ3) is 3.04. The minimum absolute atomic E-state index is 0.120. The smallest absolute Gasteiger partial charge is 0.338 e. The van der Waals surface area contributed by atoms with Crippen LogP contribution >= 0.6 is 0 Å². The van der Waals surface area contributed by atoms with E-state index in [0.717, 1.165) is 12.0 Å². The molecule has 3 nitrogen and oxygen atoms in total. The Labute approximate surface area is 121 Å². The van der Waals surface area contributed by atoms with Crippen molar-refractivity contribution >= 4 is 5.97 Å². The number of aliphatic hydroxyl groups excluding tert-OH is 1. The summed E-state index contributed by atoms with van der Waals surface area (Å²) in [6, 6.07) is 7.66. The molecule has 3 heteroatoms. The first kappa shape index (κ1) is 15.0. The van der Waals surface area contributed by atoms with Crippen molar-refractivity contribution in [2.75, 3.05) is 13.2 Å². The maximum absolute atomic E-state index is 12.1. The largest absolute Gasteiger partial charge is 0.462 e. The van der Waals surface area contributed by atoms with Crippen molar-refractivity contribution in [1.82, 2.24) is 0 Å². The predicted octanol–water partition coefficient (Wildman–Crippen LogP) is 3.23. The summed E-state index contributed by atoms with van der Waals surface area (Å²) in [4.78, 5) is 12.1. The number of fused-ring (bicyclic) bond motifs is 1. The summed E-state index contributed by atoms with van der Waals surface area (Å²) in [6.07, 6.45) is 0.997. The molecule has 1 N–H and O–H groups in total. The lowest BCUT2D eigenvalue weighted by molar-refractivity contribution is 0.0404. The highest BCUT2D eigenvalue weighted by molar-refractivity contribution is 5.91. The minimum Gasteiger partial charge on any atom is -0.462 e. The fourth-order valence-electron chi connectivity index (χ4n) is 3.30. The van der Waals surface area contributed by atoms with E-state index in [-0.39, 0.29) is 30.3 Å². The molecule has 20 heavy (non-hydrogen) atoms. The van der Waals surface area contributed by atoms with Crippen LogP contribution < -0.4 is 0 Å². The number of esters is 1. The zero-order chi connectivity index (χ0) is 14.7. The summed E-state index contributed by atoms with van der Waals surface area (Å²) in [7, 11) is 0. The van der Waals surface area contributed by atoms with Crippen molar-refractivity contribution in [2.24, 2.45) is 17.8 Å². The van der Waals surface area contributed by atoms with Gasteiger partial charge in [0, 0.05) is 12.5 Å². The highest BCUT2D eigenvalue weighted by atomic mass is 16.5. The molecule has 1 aromatic rings. The van der Waals surface area contributed by atoms with Crippen molar-refractivity contribution in [2.45, 2.75) is 33.1 Å². The van der Waals surface area contributed by atoms with Gasteiger partial charge >= 0.3 is 5.97 Å². The van der Waals surface area contributed by atoms with Gasteiger partial charge in [-0.3, -0.25) is 0 Å². The molecule has 0 saturated carbocycles. The maximum Gasteiger partial charge on any atom is 0.338 e. The van der Waals surface area contributed by atoms with Crippen molar-refractivity contribution < 1.29 is 14.6 Å². The van der Waals surface area contributed by atoms with Gasteiger partial charge in [-0.2, -0.15) is 0 Å². The Hall–Kier alpha value is -1.35. The Bertz CT molecular complexity index is 467. The standard InChI is InChI=1S/C17H24O3/c1-11(2)8-13-10-20-17(19)15-7-5-4-6-14(15)16(13)12(3)9-18/h4-7,11-13,16,18H,8-10H2,1-3H3/t12-,13-,16+/m1/s1. The van der Waals surface area contributed by atoms with Gasteiger partial charge in [-0.15, -0.1) is 0 Å². The Kier molecular flexibility index (Phi) is 4.81. The molecule has 0 fully saturated rings. The fourth-order valence-corrected chi connectivity index (χ4v) is 3.30. The predicted molar refractivity (Wildman–Crippen MR) is 78.7 cm³/mol. The van der Waals surface area contributed by atoms with E-state index in [1.807, 2.05) is 31.2 Å². The highest BCUT2D eigenvalue weighted by Gasteiger charge is 2.35. The second-order valence-corrected chi connectivity index (χ2v) is 6.26. The zero-order valence-corrected chi connectivity index (χ0v) is 12.5. The summed E-state index contributed by atoms with van der Waals surface area (Å²) >= 11 is 0. The molecule has 0 bridgehead atoms. The van der Waals surface area contributed by atoms with Crippen LogP contribution in [0, 0.1) is 17.8 Å². The number of aliphatic hydroxyl groups is 1. The lowest BCUT2D eigenvalue weighted by Crippen LogP contribution is -2.26. The molecule has 0 aromatic heterocycles. The van der Waals surface area contributed by atoms with Crippen LogP contribution in [0.15, 0.2) is 24.3 Å². The number of carbonyl (C=O) groups is 1. The van der Waals surface area contributed by atoms with Gasteiger partial charge in [0.05, 0.1) is 12.2 Å². The van der Waals surface area contributed by atoms with Gasteiger partial charge in [0.1, 0.15) is 0 Å². The van der Waals surface area contributed by atoms with Gasteiger partial charge in [-0.05, 0) is 35.8 Å². The Morgan fingerprint density at radius 1 is 1.30 bits per heavy atom. The van der Waals surface area contributed by atoms with Crippen LogP contribution in [0.1, 0.15) is 49.0 Å². The van der Waals surface area contributed by atoms with Crippen LogP contribution in [0.4, 0.5) is 0 Å². The van der Waals surface area contributed by atoms with E-state index in [2.05, 4.69) is 13.8 Å². The first-order chi connectivity index (χ1) is 9.54. The Morgan fingerprint density at radius 2 is 2.00 bits per heavy atom. The van der Waals surface area contributed by atoms with Gasteiger partial charge in [0.25, 0.3) is 0 Å². The number of hydrogen-bond acceptors (Lipinski definition) is 3. The number of carbonyl (C=O) groups excluding carboxylic acids is 1. The van der Waals surface area contributed by atoms with E-state index in [1.54, 1.807) is 0 Å². The molecule has 3 atom stereocenters. The molecule has 110 valence electrons. The van der Waals surface area contributed by atoms with Crippen LogP contribution in [0.25, 0.3) is 0 Å². The molecule has 1 aliphatic heterocycles. The minimum atomic E-state index is -0.234. The van der Waals surface area contributed by atoms with Gasteiger partial charge in [-0.1, -0.05) is 39.0 Å². The molecule has 1 aromatic carbocycles. The quantitative estimate of drug-likeness (QED) is 0.859. The second kappa shape index (κ2) is 6.40. The Morgan fingerprint density at radius 3 is 2.65 bits per heavy atom. The van der Waals surface area contributed by atoms with Crippen molar-refractivity contribution in [1.29, 1.82) is 0 Å². The van der Waals surface area contributed by atoms with E-state index in [4.69, 9.17) is 4.74 Å². The summed E-state index contributed by atoms with van der Waals surface area (Å²) in [6.45, 7) is 6.98. The summed E-state index contributed by atoms with van der Waals surface area (Å²) in [5.74, 6) is 0.864. The SMILES string of the molecule is CC(C)C[C@@H]1COC(=O)c2ccccc2[C@H]1[C@H](C)CO. The van der Waals surface area contributed by atoms with Gasteiger partial charge in [0.2, 0.25) is 0 Å². The molecule has 0 aliphatic carbocycles. The monoisotopic (exact) mass is 276 g/mol. The lowest BCUT2D eigenvalue weighted by atomic mass is 9.74. The number of rotatable bonds is 4. The molecule has 2 rings (SSSR count). The Balaban J connectivity index is 2.45. The average molecular weight is 276 g/mol. The lowest BCUT2D eigenvalue weighted by Gasteiger charge is -2.30. The van der Waals surface area contributed by atoms with E-state index in [0.29, 0.717) is 18.1 Å². The maximum atomic E-state index is 12.1. The number of benzene rings is 1. The molecule has 0 amide bonds. The van der Waals surface area contributed by atoms with Crippen LogP contribution in [0.3, 0.4) is 0 Å². The topological polar surface area (TPSA) is 46.5 Å². The molecular formula is C17H24O3. The number of hydrogen-bond donors (Lipinski definition) is 1. The summed E-state index contributed by atoms with van der Waals surface area (Å²) in [5, 5.41) is 9.60. The van der Waals surface area contributed by atoms with E-state index >= 15 is 0 Å². The molecular weight excluding hydrogens is 252 g/mol. The normalized spacial score (nSPS) is 23.9. The summed E-state index contributed by atoms with van der Waals surface area (Å²) < 4.78 is 5.45. The van der Waals surface area contributed by atoms with E-state index < -0.39 is 0 Å². The third-order valence-electron chi connectivity index (χ3n) is 4.15. The second-order valence-electron chi connectivity index (χ2n) is 6.26. The van der Waals surface area contributed by atoms with E-state index in [9.17, 15) is 9.90 Å². The number of cyclic esters (lactones) is 1. The van der Waals surface area contributed by atoms with E-state index in [1.165, 1.54) is 0 Å².